The highest BCUT2D eigenvalue weighted by Crippen LogP contribution is 2.39. The van der Waals surface area contributed by atoms with Gasteiger partial charge in [-0.15, -0.1) is 6.58 Å². The van der Waals surface area contributed by atoms with Crippen LogP contribution >= 0.6 is 0 Å². The van der Waals surface area contributed by atoms with Gasteiger partial charge in [-0.1, -0.05) is 36.4 Å². The van der Waals surface area contributed by atoms with Crippen LogP contribution in [0.2, 0.25) is 0 Å². The van der Waals surface area contributed by atoms with Crippen molar-refractivity contribution in [3.63, 3.8) is 0 Å². The van der Waals surface area contributed by atoms with Gasteiger partial charge in [-0.05, 0) is 25.8 Å². The first-order valence-corrected chi connectivity index (χ1v) is 8.27. The molecular weight excluding hydrogens is 308 g/mol. The van der Waals surface area contributed by atoms with Gasteiger partial charge in [0.15, 0.2) is 5.79 Å². The molecule has 1 aliphatic rings. The first-order chi connectivity index (χ1) is 11.5. The third-order valence-electron chi connectivity index (χ3n) is 3.96. The summed E-state index contributed by atoms with van der Waals surface area (Å²) in [6.45, 7) is 7.57. The van der Waals surface area contributed by atoms with E-state index in [-0.39, 0.29) is 25.1 Å². The molecule has 1 heterocycles. The summed E-state index contributed by atoms with van der Waals surface area (Å²) in [6.07, 6.45) is 1.20. The Morgan fingerprint density at radius 2 is 2.00 bits per heavy atom. The molecule has 2 rings (SSSR count). The molecule has 0 bridgehead atoms. The van der Waals surface area contributed by atoms with Crippen LogP contribution in [0.5, 0.6) is 0 Å². The third kappa shape index (κ3) is 5.13. The number of benzene rings is 1. The summed E-state index contributed by atoms with van der Waals surface area (Å²) in [5.41, 5.74) is 0.990. The van der Waals surface area contributed by atoms with Crippen LogP contribution in [0.1, 0.15) is 38.4 Å². The van der Waals surface area contributed by atoms with Gasteiger partial charge in [0.05, 0.1) is 12.2 Å². The molecule has 0 saturated carbocycles. The fourth-order valence-corrected chi connectivity index (χ4v) is 3.02. The van der Waals surface area contributed by atoms with E-state index in [0.29, 0.717) is 12.8 Å². The number of rotatable bonds is 9. The van der Waals surface area contributed by atoms with Crippen molar-refractivity contribution < 1.29 is 24.1 Å². The summed E-state index contributed by atoms with van der Waals surface area (Å²) in [4.78, 5) is 0. The first-order valence-electron chi connectivity index (χ1n) is 8.27. The normalized spacial score (nSPS) is 25.3. The maximum atomic E-state index is 10.2. The fraction of sp³-hybridized carbons (Fsp3) is 0.579. The number of hydrogen-bond donors (Lipinski definition) is 1. The highest BCUT2D eigenvalue weighted by Gasteiger charge is 2.46. The van der Waals surface area contributed by atoms with Crippen LogP contribution in [-0.4, -0.2) is 43.1 Å². The number of methoxy groups -OCH3 is 1. The molecule has 1 N–H and O–H groups in total. The number of aliphatic hydroxyl groups is 1. The Morgan fingerprint density at radius 3 is 2.62 bits per heavy atom. The molecule has 0 radical (unpaired) electrons. The van der Waals surface area contributed by atoms with Gasteiger partial charge in [0.2, 0.25) is 0 Å². The summed E-state index contributed by atoms with van der Waals surface area (Å²) in [6, 6.07) is 9.86. The average molecular weight is 336 g/mol. The Balaban J connectivity index is 2.21. The number of hydrogen-bond acceptors (Lipinski definition) is 5. The Labute approximate surface area is 144 Å². The molecule has 1 aliphatic heterocycles. The zero-order chi connectivity index (χ0) is 17.6. The van der Waals surface area contributed by atoms with Crippen LogP contribution in [0.15, 0.2) is 43.0 Å². The molecular formula is C19H28O5. The van der Waals surface area contributed by atoms with E-state index in [9.17, 15) is 5.11 Å². The van der Waals surface area contributed by atoms with Crippen molar-refractivity contribution in [2.24, 2.45) is 0 Å². The molecule has 0 unspecified atom stereocenters. The van der Waals surface area contributed by atoms with Gasteiger partial charge in [-0.2, -0.15) is 0 Å². The van der Waals surface area contributed by atoms with Gasteiger partial charge < -0.3 is 24.1 Å². The Morgan fingerprint density at radius 1 is 1.29 bits per heavy atom. The summed E-state index contributed by atoms with van der Waals surface area (Å²) in [7, 11) is 1.59. The molecule has 24 heavy (non-hydrogen) atoms. The van der Waals surface area contributed by atoms with E-state index < -0.39 is 11.9 Å². The molecule has 5 heteroatoms. The maximum absolute atomic E-state index is 10.2. The van der Waals surface area contributed by atoms with Crippen LogP contribution in [-0.2, 0) is 18.9 Å². The Kier molecular flexibility index (Phi) is 6.95. The average Bonchev–Trinajstić information content (AvgIpc) is 2.83. The summed E-state index contributed by atoms with van der Waals surface area (Å²) in [5, 5.41) is 10.2. The zero-order valence-electron chi connectivity index (χ0n) is 14.7. The van der Waals surface area contributed by atoms with Crippen molar-refractivity contribution in [1.82, 2.24) is 0 Å². The first kappa shape index (κ1) is 19.1. The molecule has 4 atom stereocenters. The second kappa shape index (κ2) is 8.74. The molecule has 0 aliphatic carbocycles. The van der Waals surface area contributed by atoms with E-state index in [1.54, 1.807) is 13.2 Å². The minimum absolute atomic E-state index is 0.155. The van der Waals surface area contributed by atoms with Crippen LogP contribution in [0.3, 0.4) is 0 Å². The smallest absolute Gasteiger partial charge is 0.163 e. The fourth-order valence-electron chi connectivity index (χ4n) is 3.02. The monoisotopic (exact) mass is 336 g/mol. The van der Waals surface area contributed by atoms with Crippen molar-refractivity contribution in [1.29, 1.82) is 0 Å². The molecule has 5 nitrogen and oxygen atoms in total. The van der Waals surface area contributed by atoms with E-state index in [2.05, 4.69) is 6.58 Å². The molecule has 134 valence electrons. The highest BCUT2D eigenvalue weighted by atomic mass is 16.8. The largest absolute Gasteiger partial charge is 0.393 e. The SMILES string of the molecule is C=CC[C@H](O)C[C@H]1OC(C)(C)O[C@@H]1[C@H](OCOC)c1ccccc1. The van der Waals surface area contributed by atoms with Gasteiger partial charge in [0.25, 0.3) is 0 Å². The summed E-state index contributed by atoms with van der Waals surface area (Å²) in [5.74, 6) is -0.729. The van der Waals surface area contributed by atoms with E-state index in [1.807, 2.05) is 44.2 Å². The molecule has 0 spiro atoms. The van der Waals surface area contributed by atoms with Crippen LogP contribution in [0, 0.1) is 0 Å². The third-order valence-corrected chi connectivity index (χ3v) is 3.96. The highest BCUT2D eigenvalue weighted by molar-refractivity contribution is 5.19. The number of ether oxygens (including phenoxy) is 4. The second-order valence-electron chi connectivity index (χ2n) is 6.46. The Hall–Kier alpha value is -1.24. The van der Waals surface area contributed by atoms with Crippen molar-refractivity contribution >= 4 is 0 Å². The quantitative estimate of drug-likeness (QED) is 0.554. The van der Waals surface area contributed by atoms with Crippen LogP contribution < -0.4 is 0 Å². The molecule has 0 amide bonds. The molecule has 1 aromatic rings. The van der Waals surface area contributed by atoms with Gasteiger partial charge in [0, 0.05) is 13.5 Å². The summed E-state index contributed by atoms with van der Waals surface area (Å²) >= 11 is 0. The maximum Gasteiger partial charge on any atom is 0.163 e. The molecule has 1 saturated heterocycles. The van der Waals surface area contributed by atoms with Crippen molar-refractivity contribution in [2.45, 2.75) is 56.9 Å². The lowest BCUT2D eigenvalue weighted by molar-refractivity contribution is -0.171. The second-order valence-corrected chi connectivity index (χ2v) is 6.46. The Bertz CT molecular complexity index is 502. The van der Waals surface area contributed by atoms with Gasteiger partial charge >= 0.3 is 0 Å². The predicted molar refractivity (Wildman–Crippen MR) is 91.4 cm³/mol. The van der Waals surface area contributed by atoms with Crippen molar-refractivity contribution in [2.75, 3.05) is 13.9 Å². The van der Waals surface area contributed by atoms with Crippen LogP contribution in [0.4, 0.5) is 0 Å². The van der Waals surface area contributed by atoms with Gasteiger partial charge in [-0.25, -0.2) is 0 Å². The van der Waals surface area contributed by atoms with Gasteiger partial charge in [0.1, 0.15) is 19.0 Å². The van der Waals surface area contributed by atoms with E-state index in [0.717, 1.165) is 5.56 Å². The molecule has 0 aromatic heterocycles. The topological polar surface area (TPSA) is 57.2 Å². The van der Waals surface area contributed by atoms with E-state index in [4.69, 9.17) is 18.9 Å². The lowest BCUT2D eigenvalue weighted by atomic mass is 9.96. The lowest BCUT2D eigenvalue weighted by Crippen LogP contribution is -2.34. The minimum Gasteiger partial charge on any atom is -0.393 e. The predicted octanol–water partition coefficient (Wildman–Crippen LogP) is 3.20. The lowest BCUT2D eigenvalue weighted by Gasteiger charge is -2.27. The van der Waals surface area contributed by atoms with E-state index >= 15 is 0 Å². The number of aliphatic hydroxyl groups excluding tert-OH is 1. The molecule has 1 fully saturated rings. The molecule has 1 aromatic carbocycles. The van der Waals surface area contributed by atoms with E-state index in [1.165, 1.54) is 0 Å². The minimum atomic E-state index is -0.729. The zero-order valence-corrected chi connectivity index (χ0v) is 14.7. The van der Waals surface area contributed by atoms with Crippen LogP contribution in [0.25, 0.3) is 0 Å². The van der Waals surface area contributed by atoms with Gasteiger partial charge in [-0.3, -0.25) is 0 Å². The standard InChI is InChI=1S/C19H28O5/c1-5-9-15(20)12-16-18(24-19(2,3)23-16)17(22-13-21-4)14-10-7-6-8-11-14/h5-8,10-11,15-18,20H,1,9,12-13H2,2-4H3/t15-,16+,17+,18-/m0/s1. The van der Waals surface area contributed by atoms with Crippen molar-refractivity contribution in [3.05, 3.63) is 48.6 Å². The van der Waals surface area contributed by atoms with Crippen molar-refractivity contribution in [3.8, 4) is 0 Å². The summed E-state index contributed by atoms with van der Waals surface area (Å²) < 4.78 is 23.1.